The summed E-state index contributed by atoms with van der Waals surface area (Å²) in [7, 11) is 4.91. The number of rotatable bonds is 6. The number of hydrogen-bond acceptors (Lipinski definition) is 8. The molecular formula is C46H55Br3O8Si. The summed E-state index contributed by atoms with van der Waals surface area (Å²) in [4.78, 5) is 22.6. The van der Waals surface area contributed by atoms with Gasteiger partial charge in [0.25, 0.3) is 0 Å². The number of ether oxygens (including phenoxy) is 4. The summed E-state index contributed by atoms with van der Waals surface area (Å²) in [5, 5.41) is 9.86. The molecule has 0 spiro atoms. The Hall–Kier alpha value is -3.00. The van der Waals surface area contributed by atoms with E-state index in [-0.39, 0.29) is 28.8 Å². The Morgan fingerprint density at radius 3 is 1.69 bits per heavy atom. The lowest BCUT2D eigenvalue weighted by Crippen LogP contribution is -2.41. The first-order valence-electron chi connectivity index (χ1n) is 19.6. The summed E-state index contributed by atoms with van der Waals surface area (Å²) >= 11 is 10.6. The van der Waals surface area contributed by atoms with Crippen LogP contribution in [-0.2, 0) is 30.1 Å². The van der Waals surface area contributed by atoms with Crippen molar-refractivity contribution in [1.29, 1.82) is 0 Å². The number of carbonyl (C=O) groups is 2. The van der Waals surface area contributed by atoms with Crippen LogP contribution in [0.15, 0.2) is 68.0 Å². The van der Waals surface area contributed by atoms with Crippen molar-refractivity contribution in [2.75, 3.05) is 28.4 Å². The molecule has 0 saturated carbocycles. The molecule has 0 bridgehead atoms. The van der Waals surface area contributed by atoms with E-state index in [0.29, 0.717) is 12.8 Å². The fourth-order valence-electron chi connectivity index (χ4n) is 7.38. The van der Waals surface area contributed by atoms with Crippen LogP contribution < -0.4 is 18.9 Å². The zero-order chi connectivity index (χ0) is 42.5. The highest BCUT2D eigenvalue weighted by atomic mass is 79.9. The Bertz CT molecular complexity index is 2140. The molecule has 0 amide bonds. The van der Waals surface area contributed by atoms with Crippen LogP contribution >= 0.6 is 47.8 Å². The van der Waals surface area contributed by atoms with Gasteiger partial charge in [0.05, 0.1) is 54.1 Å². The van der Waals surface area contributed by atoms with E-state index in [2.05, 4.69) is 87.7 Å². The van der Waals surface area contributed by atoms with Gasteiger partial charge in [0.1, 0.15) is 23.0 Å². The lowest BCUT2D eigenvalue weighted by molar-refractivity contribution is 0.0986. The molecular weight excluding hydrogens is 948 g/mol. The van der Waals surface area contributed by atoms with Gasteiger partial charge in [0.15, 0.2) is 19.9 Å². The molecule has 0 unspecified atom stereocenters. The molecule has 0 saturated heterocycles. The molecule has 1 N–H and O–H groups in total. The zero-order valence-electron chi connectivity index (χ0n) is 34.9. The van der Waals surface area contributed by atoms with Crippen LogP contribution in [0.1, 0.15) is 113 Å². The lowest BCUT2D eigenvalue weighted by atomic mass is 10.1. The number of aryl methyl sites for hydroxylation is 1. The predicted molar refractivity (Wildman–Crippen MR) is 243 cm³/mol. The quantitative estimate of drug-likeness (QED) is 0.191. The first kappa shape index (κ1) is 46.1. The van der Waals surface area contributed by atoms with Crippen molar-refractivity contribution >= 4 is 67.7 Å². The van der Waals surface area contributed by atoms with E-state index in [1.165, 1.54) is 16.7 Å². The SMILES string of the molecule is COc1ccc2c(c1)CCC2=O.COc1ccc2c(c1Br)CCC2=O.COc1ccc2c(c1Br)CC[C@@H]2O.COc1ccc2c(c1Br)CC[C@@H]2O[Si](C)(C)C(C)(C)C. The van der Waals surface area contributed by atoms with Gasteiger partial charge < -0.3 is 28.5 Å². The maximum atomic E-state index is 11.4. The molecule has 4 aromatic rings. The standard InChI is InChI=1S/C16H25BrO2Si.C10H11BrO2.C10H9BrO2.C10H10O2/c1-16(2,3)20(5,6)19-13-9-8-12-11(13)7-10-14(18-4)15(12)17;2*1-13-9-5-3-6-7(10(9)11)2-4-8(6)12;1-12-8-3-4-9-7(6-8)2-5-10(9)11/h7,10,13H,8-9H2,1-6H3;3,5,8,12H,2,4H2,1H3;3,5H,2,4H2,1H3;3-4,6H,2,5H2,1H3/t13-;8-;;/m00../s1. The highest BCUT2D eigenvalue weighted by molar-refractivity contribution is 9.11. The molecule has 4 aromatic carbocycles. The summed E-state index contributed by atoms with van der Waals surface area (Å²) in [6, 6.07) is 17.3. The Balaban J connectivity index is 0.000000151. The Labute approximate surface area is 369 Å². The van der Waals surface area contributed by atoms with Crippen molar-refractivity contribution in [2.24, 2.45) is 0 Å². The van der Waals surface area contributed by atoms with Gasteiger partial charge in [-0.05, 0) is 180 Å². The molecule has 312 valence electrons. The monoisotopic (exact) mass is 1000 g/mol. The molecule has 0 heterocycles. The smallest absolute Gasteiger partial charge is 0.192 e. The van der Waals surface area contributed by atoms with Crippen molar-refractivity contribution in [3.05, 3.63) is 113 Å². The summed E-state index contributed by atoms with van der Waals surface area (Å²) in [5.41, 5.74) is 8.84. The Morgan fingerprint density at radius 2 is 1.10 bits per heavy atom. The lowest BCUT2D eigenvalue weighted by Gasteiger charge is -2.38. The fraction of sp³-hybridized carbons (Fsp3) is 0.435. The first-order valence-corrected chi connectivity index (χ1v) is 24.9. The maximum Gasteiger partial charge on any atom is 0.192 e. The molecule has 0 radical (unpaired) electrons. The Kier molecular flexibility index (Phi) is 15.6. The minimum atomic E-state index is -1.72. The molecule has 0 aromatic heterocycles. The second kappa shape index (κ2) is 19.6. The molecule has 8 rings (SSSR count). The second-order valence-corrected chi connectivity index (χ2v) is 23.4. The van der Waals surface area contributed by atoms with Gasteiger partial charge in [-0.3, -0.25) is 9.59 Å². The molecule has 8 nitrogen and oxygen atoms in total. The number of benzene rings is 4. The fourth-order valence-corrected chi connectivity index (χ4v) is 10.8. The van der Waals surface area contributed by atoms with Gasteiger partial charge >= 0.3 is 0 Å². The number of ketones is 2. The minimum Gasteiger partial charge on any atom is -0.497 e. The predicted octanol–water partition coefficient (Wildman–Crippen LogP) is 12.3. The summed E-state index contributed by atoms with van der Waals surface area (Å²) < 4.78 is 30.4. The molecule has 0 fully saturated rings. The topological polar surface area (TPSA) is 101 Å². The number of halogens is 3. The van der Waals surface area contributed by atoms with Crippen LogP contribution in [0.3, 0.4) is 0 Å². The summed E-state index contributed by atoms with van der Waals surface area (Å²) in [5.74, 6) is 3.88. The third-order valence-electron chi connectivity index (χ3n) is 11.8. The van der Waals surface area contributed by atoms with Gasteiger partial charge in [0.2, 0.25) is 0 Å². The van der Waals surface area contributed by atoms with E-state index in [9.17, 15) is 14.7 Å². The number of methoxy groups -OCH3 is 4. The molecule has 12 heteroatoms. The first-order chi connectivity index (χ1) is 27.5. The van der Waals surface area contributed by atoms with Crippen molar-refractivity contribution in [3.63, 3.8) is 0 Å². The number of hydrogen-bond donors (Lipinski definition) is 1. The number of aliphatic hydroxyl groups is 1. The average molecular weight is 1000 g/mol. The van der Waals surface area contributed by atoms with Crippen molar-refractivity contribution in [2.45, 2.75) is 102 Å². The van der Waals surface area contributed by atoms with Crippen LogP contribution in [0, 0.1) is 0 Å². The van der Waals surface area contributed by atoms with E-state index >= 15 is 0 Å². The second-order valence-electron chi connectivity index (χ2n) is 16.2. The van der Waals surface area contributed by atoms with Crippen LogP contribution in [0.5, 0.6) is 23.0 Å². The van der Waals surface area contributed by atoms with Crippen molar-refractivity contribution < 1.29 is 38.1 Å². The van der Waals surface area contributed by atoms with E-state index < -0.39 is 8.32 Å². The summed E-state index contributed by atoms with van der Waals surface area (Å²) in [6.45, 7) is 11.5. The van der Waals surface area contributed by atoms with E-state index in [1.54, 1.807) is 28.4 Å². The highest BCUT2D eigenvalue weighted by Gasteiger charge is 2.41. The van der Waals surface area contributed by atoms with Crippen LogP contribution in [0.4, 0.5) is 0 Å². The van der Waals surface area contributed by atoms with Crippen molar-refractivity contribution in [3.8, 4) is 23.0 Å². The third kappa shape index (κ3) is 10.1. The largest absolute Gasteiger partial charge is 0.497 e. The number of fused-ring (bicyclic) bond motifs is 4. The Morgan fingerprint density at radius 1 is 0.603 bits per heavy atom. The van der Waals surface area contributed by atoms with Crippen LogP contribution in [0.25, 0.3) is 0 Å². The minimum absolute atomic E-state index is 0.235. The molecule has 2 atom stereocenters. The van der Waals surface area contributed by atoms with Gasteiger partial charge in [0, 0.05) is 24.0 Å². The van der Waals surface area contributed by atoms with E-state index in [0.717, 1.165) is 103 Å². The van der Waals surface area contributed by atoms with E-state index in [4.69, 9.17) is 23.4 Å². The number of aliphatic hydroxyl groups excluding tert-OH is 1. The maximum absolute atomic E-state index is 11.4. The van der Waals surface area contributed by atoms with E-state index in [1.807, 2.05) is 48.5 Å². The number of carbonyl (C=O) groups excluding carboxylic acids is 2. The van der Waals surface area contributed by atoms with Crippen LogP contribution in [0.2, 0.25) is 18.1 Å². The molecule has 4 aliphatic carbocycles. The van der Waals surface area contributed by atoms with Crippen molar-refractivity contribution in [1.82, 2.24) is 0 Å². The molecule has 58 heavy (non-hydrogen) atoms. The average Bonchev–Trinajstić information content (AvgIpc) is 3.99. The summed E-state index contributed by atoms with van der Waals surface area (Å²) in [6.07, 6.45) is 6.81. The molecule has 0 aliphatic heterocycles. The van der Waals surface area contributed by atoms with Gasteiger partial charge in [-0.15, -0.1) is 0 Å². The third-order valence-corrected chi connectivity index (χ3v) is 18.9. The highest BCUT2D eigenvalue weighted by Crippen LogP contribution is 2.47. The van der Waals surface area contributed by atoms with Crippen LogP contribution in [-0.4, -0.2) is 53.4 Å². The van der Waals surface area contributed by atoms with Gasteiger partial charge in [-0.2, -0.15) is 0 Å². The normalized spacial score (nSPS) is 17.3. The molecule has 4 aliphatic rings. The zero-order valence-corrected chi connectivity index (χ0v) is 40.7. The van der Waals surface area contributed by atoms with Gasteiger partial charge in [-0.1, -0.05) is 32.9 Å². The van der Waals surface area contributed by atoms with Gasteiger partial charge in [-0.25, -0.2) is 0 Å². The number of Topliss-reactive ketones (excluding diaryl/α,β-unsaturated/α-hetero) is 2.